The summed E-state index contributed by atoms with van der Waals surface area (Å²) in [5, 5.41) is 10.9. The van der Waals surface area contributed by atoms with E-state index in [4.69, 9.17) is 19.0 Å². The molecule has 0 saturated carbocycles. The van der Waals surface area contributed by atoms with Crippen molar-refractivity contribution >= 4 is 55.2 Å². The Labute approximate surface area is 185 Å². The van der Waals surface area contributed by atoms with Crippen LogP contribution >= 0.6 is 31.9 Å². The zero-order valence-corrected chi connectivity index (χ0v) is 19.7. The van der Waals surface area contributed by atoms with Gasteiger partial charge in [-0.1, -0.05) is 0 Å². The Morgan fingerprint density at radius 1 is 1.38 bits per heavy atom. The van der Waals surface area contributed by atoms with Gasteiger partial charge in [-0.3, -0.25) is 9.59 Å². The molecule has 0 amide bonds. The van der Waals surface area contributed by atoms with E-state index in [1.54, 1.807) is 0 Å². The molecule has 10 heteroatoms. The molecule has 1 fully saturated rings. The summed E-state index contributed by atoms with van der Waals surface area (Å²) in [6, 6.07) is 1.83. The molecule has 29 heavy (non-hydrogen) atoms. The summed E-state index contributed by atoms with van der Waals surface area (Å²) in [7, 11) is 3.21. The summed E-state index contributed by atoms with van der Waals surface area (Å²) in [4.78, 5) is 20.2. The number of carbonyl (C=O) groups is 2. The predicted molar refractivity (Wildman–Crippen MR) is 113 cm³/mol. The first-order valence-electron chi connectivity index (χ1n) is 8.79. The van der Waals surface area contributed by atoms with Crippen molar-refractivity contribution in [3.63, 3.8) is 0 Å². The number of halogens is 2. The van der Waals surface area contributed by atoms with Crippen LogP contribution in [0, 0.1) is 0 Å². The molecule has 1 aromatic heterocycles. The highest BCUT2D eigenvalue weighted by Gasteiger charge is 2.31. The van der Waals surface area contributed by atoms with Gasteiger partial charge >= 0.3 is 5.97 Å². The standard InChI is InChI=1S/C17H19Br2NO5.C2H4O2/c1-8-4-10(24-9(2)21)5-14(23-8)25-13-7-20(3)12-6-11(18)17(22)16(19)15(12)13;1-4-2-3/h6-8,10,14,22H,4-5H2,1-3H3;2H,1H3. The molecular weight excluding hydrogens is 514 g/mol. The van der Waals surface area contributed by atoms with Crippen LogP contribution in [0.4, 0.5) is 0 Å². The Bertz CT molecular complexity index is 883. The molecule has 0 bridgehead atoms. The third kappa shape index (κ3) is 5.86. The Balaban J connectivity index is 0.000000687. The highest BCUT2D eigenvalue weighted by Crippen LogP contribution is 2.44. The van der Waals surface area contributed by atoms with Crippen molar-refractivity contribution in [2.45, 2.75) is 45.2 Å². The molecule has 1 aliphatic heterocycles. The van der Waals surface area contributed by atoms with Gasteiger partial charge in [0.25, 0.3) is 6.47 Å². The summed E-state index contributed by atoms with van der Waals surface area (Å²) in [6.07, 6.45) is 2.10. The van der Waals surface area contributed by atoms with Gasteiger partial charge in [-0.2, -0.15) is 0 Å². The molecule has 1 saturated heterocycles. The third-order valence-corrected chi connectivity index (χ3v) is 5.61. The maximum Gasteiger partial charge on any atom is 0.302 e. The van der Waals surface area contributed by atoms with Gasteiger partial charge in [-0.25, -0.2) is 0 Å². The number of phenolic OH excluding ortho intramolecular Hbond substituents is 1. The van der Waals surface area contributed by atoms with E-state index in [0.29, 0.717) is 34.0 Å². The number of methoxy groups -OCH3 is 1. The molecule has 3 unspecified atom stereocenters. The van der Waals surface area contributed by atoms with Crippen molar-refractivity contribution in [1.82, 2.24) is 4.57 Å². The number of aryl methyl sites for hydroxylation is 1. The molecule has 0 aliphatic carbocycles. The Morgan fingerprint density at radius 3 is 2.62 bits per heavy atom. The topological polar surface area (TPSA) is 96.2 Å². The number of fused-ring (bicyclic) bond motifs is 1. The lowest BCUT2D eigenvalue weighted by Crippen LogP contribution is -2.39. The van der Waals surface area contributed by atoms with E-state index < -0.39 is 6.29 Å². The molecule has 1 aromatic carbocycles. The molecule has 160 valence electrons. The van der Waals surface area contributed by atoms with E-state index in [2.05, 4.69) is 36.6 Å². The number of ether oxygens (including phenoxy) is 4. The van der Waals surface area contributed by atoms with Crippen molar-refractivity contribution in [3.05, 3.63) is 21.2 Å². The molecule has 3 rings (SSSR count). The number of esters is 1. The molecular formula is C19H23Br2NO7. The highest BCUT2D eigenvalue weighted by atomic mass is 79.9. The van der Waals surface area contributed by atoms with Gasteiger partial charge in [-0.15, -0.1) is 0 Å². The second-order valence-corrected chi connectivity index (χ2v) is 8.20. The lowest BCUT2D eigenvalue weighted by molar-refractivity contribution is -0.185. The van der Waals surface area contributed by atoms with Crippen LogP contribution in [0.15, 0.2) is 21.2 Å². The number of aromatic hydroxyl groups is 1. The first-order valence-corrected chi connectivity index (χ1v) is 10.4. The lowest BCUT2D eigenvalue weighted by atomic mass is 10.1. The van der Waals surface area contributed by atoms with Gasteiger partial charge in [0.05, 0.1) is 33.1 Å². The Morgan fingerprint density at radius 2 is 2.03 bits per heavy atom. The molecule has 0 spiro atoms. The fourth-order valence-electron chi connectivity index (χ4n) is 3.11. The van der Waals surface area contributed by atoms with Crippen LogP contribution in [0.1, 0.15) is 26.7 Å². The second kappa shape index (κ2) is 10.3. The van der Waals surface area contributed by atoms with E-state index in [1.165, 1.54) is 14.0 Å². The first-order chi connectivity index (χ1) is 13.7. The smallest absolute Gasteiger partial charge is 0.302 e. The number of aromatic nitrogens is 1. The molecule has 0 radical (unpaired) electrons. The van der Waals surface area contributed by atoms with Gasteiger partial charge in [-0.05, 0) is 44.8 Å². The summed E-state index contributed by atoms with van der Waals surface area (Å²) < 4.78 is 24.1. The normalized spacial score (nSPS) is 21.1. The number of nitrogens with zero attached hydrogens (tertiary/aromatic N) is 1. The van der Waals surface area contributed by atoms with Crippen LogP contribution in [-0.2, 0) is 30.8 Å². The van der Waals surface area contributed by atoms with E-state index in [9.17, 15) is 9.90 Å². The van der Waals surface area contributed by atoms with Gasteiger partial charge in [0.15, 0.2) is 0 Å². The minimum Gasteiger partial charge on any atom is -0.506 e. The highest BCUT2D eigenvalue weighted by molar-refractivity contribution is 9.11. The van der Waals surface area contributed by atoms with Crippen LogP contribution in [0.2, 0.25) is 0 Å². The Kier molecular flexibility index (Phi) is 8.35. The Hall–Kier alpha value is -1.78. The molecule has 1 aliphatic rings. The van der Waals surface area contributed by atoms with Crippen LogP contribution in [0.5, 0.6) is 11.5 Å². The summed E-state index contributed by atoms with van der Waals surface area (Å²) in [6.45, 7) is 3.70. The molecule has 2 aromatic rings. The van der Waals surface area contributed by atoms with Crippen molar-refractivity contribution in [1.29, 1.82) is 0 Å². The van der Waals surface area contributed by atoms with Crippen LogP contribution in [0.3, 0.4) is 0 Å². The second-order valence-electron chi connectivity index (χ2n) is 6.55. The zero-order valence-electron chi connectivity index (χ0n) is 16.5. The summed E-state index contributed by atoms with van der Waals surface area (Å²) in [5.74, 6) is 0.396. The van der Waals surface area contributed by atoms with Gasteiger partial charge in [0.1, 0.15) is 17.6 Å². The lowest BCUT2D eigenvalue weighted by Gasteiger charge is -2.33. The molecule has 3 atom stereocenters. The SMILES string of the molecule is CC(=O)OC1CC(C)OC(Oc2cn(C)c3cc(Br)c(O)c(Br)c23)C1.COC=O. The maximum atomic E-state index is 11.2. The minimum absolute atomic E-state index is 0.0796. The number of carbonyl (C=O) groups excluding carboxylic acids is 2. The molecule has 1 N–H and O–H groups in total. The van der Waals surface area contributed by atoms with E-state index in [1.807, 2.05) is 30.8 Å². The minimum atomic E-state index is -0.531. The van der Waals surface area contributed by atoms with Crippen LogP contribution in [0.25, 0.3) is 10.9 Å². The monoisotopic (exact) mass is 535 g/mol. The van der Waals surface area contributed by atoms with Crippen LogP contribution < -0.4 is 4.74 Å². The van der Waals surface area contributed by atoms with E-state index >= 15 is 0 Å². The fraction of sp³-hybridized carbons (Fsp3) is 0.474. The number of hydrogen-bond donors (Lipinski definition) is 1. The predicted octanol–water partition coefficient (Wildman–Crippen LogP) is 4.03. The third-order valence-electron chi connectivity index (χ3n) is 4.23. The average molecular weight is 537 g/mol. The average Bonchev–Trinajstić information content (AvgIpc) is 2.94. The van der Waals surface area contributed by atoms with E-state index in [-0.39, 0.29) is 23.9 Å². The van der Waals surface area contributed by atoms with Crippen molar-refractivity contribution in [2.75, 3.05) is 7.11 Å². The number of hydrogen-bond acceptors (Lipinski definition) is 7. The van der Waals surface area contributed by atoms with E-state index in [0.717, 1.165) is 10.9 Å². The quantitative estimate of drug-likeness (QED) is 0.465. The molecule has 2 heterocycles. The van der Waals surface area contributed by atoms with Crippen LogP contribution in [-0.4, -0.2) is 47.7 Å². The number of rotatable bonds is 4. The van der Waals surface area contributed by atoms with Gasteiger partial charge < -0.3 is 28.6 Å². The van der Waals surface area contributed by atoms with Gasteiger partial charge in [0.2, 0.25) is 6.29 Å². The van der Waals surface area contributed by atoms with Crippen molar-refractivity contribution in [2.24, 2.45) is 7.05 Å². The zero-order chi connectivity index (χ0) is 21.7. The first kappa shape index (κ1) is 23.5. The van der Waals surface area contributed by atoms with Gasteiger partial charge in [0, 0.05) is 33.0 Å². The fourth-order valence-corrected chi connectivity index (χ4v) is 4.40. The molecule has 8 nitrogen and oxygen atoms in total. The van der Waals surface area contributed by atoms with Crippen molar-refractivity contribution in [3.8, 4) is 11.5 Å². The number of phenols is 1. The maximum absolute atomic E-state index is 11.2. The van der Waals surface area contributed by atoms with Crippen molar-refractivity contribution < 1.29 is 33.6 Å². The number of benzene rings is 1. The summed E-state index contributed by atoms with van der Waals surface area (Å²) in [5.41, 5.74) is 0.895. The largest absolute Gasteiger partial charge is 0.506 e. The summed E-state index contributed by atoms with van der Waals surface area (Å²) >= 11 is 6.77.